The number of hydrogen-bond donors (Lipinski definition) is 1. The van der Waals surface area contributed by atoms with Crippen molar-refractivity contribution in [1.29, 1.82) is 0 Å². The van der Waals surface area contributed by atoms with Gasteiger partial charge in [0.1, 0.15) is 12.3 Å². The lowest BCUT2D eigenvalue weighted by Gasteiger charge is -2.23. The average Bonchev–Trinajstić information content (AvgIpc) is 2.87. The summed E-state index contributed by atoms with van der Waals surface area (Å²) in [6, 6.07) is 21.4. The van der Waals surface area contributed by atoms with Crippen LogP contribution in [-0.2, 0) is 24.3 Å². The van der Waals surface area contributed by atoms with Crippen LogP contribution in [0.2, 0.25) is 0 Å². The van der Waals surface area contributed by atoms with Crippen molar-refractivity contribution in [2.75, 3.05) is 24.6 Å². The van der Waals surface area contributed by atoms with Crippen LogP contribution >= 0.6 is 0 Å². The molecular weight excluding hydrogens is 470 g/mol. The van der Waals surface area contributed by atoms with Crippen LogP contribution in [0.3, 0.4) is 0 Å². The summed E-state index contributed by atoms with van der Waals surface area (Å²) in [6.45, 7) is 1.22. The molecule has 0 aliphatic carbocycles. The fourth-order valence-electron chi connectivity index (χ4n) is 2.94. The van der Waals surface area contributed by atoms with Gasteiger partial charge in [-0.1, -0.05) is 35.9 Å². The molecule has 9 nitrogen and oxygen atoms in total. The number of hydrazone groups is 1. The molecule has 3 aromatic carbocycles. The minimum Gasteiger partial charge on any atom is -0.482 e. The highest BCUT2D eigenvalue weighted by Crippen LogP contribution is 2.23. The van der Waals surface area contributed by atoms with E-state index in [1.54, 1.807) is 66.7 Å². The average molecular weight is 496 g/mol. The molecule has 0 aliphatic heterocycles. The van der Waals surface area contributed by atoms with Crippen LogP contribution in [-0.4, -0.2) is 46.8 Å². The molecule has 0 spiro atoms. The highest BCUT2D eigenvalue weighted by Gasteiger charge is 2.27. The van der Waals surface area contributed by atoms with E-state index in [-0.39, 0.29) is 11.5 Å². The maximum absolute atomic E-state index is 13.3. The maximum Gasteiger partial charge on any atom is 0.343 e. The van der Waals surface area contributed by atoms with Gasteiger partial charge in [0.15, 0.2) is 6.61 Å². The molecule has 0 saturated heterocycles. The first-order valence-electron chi connectivity index (χ1n) is 10.6. The Labute approximate surface area is 204 Å². The molecule has 3 aromatic rings. The van der Waals surface area contributed by atoms with Crippen molar-refractivity contribution in [2.45, 2.75) is 11.8 Å². The van der Waals surface area contributed by atoms with Gasteiger partial charge in [-0.3, -0.25) is 9.10 Å². The van der Waals surface area contributed by atoms with Crippen LogP contribution in [0.4, 0.5) is 5.69 Å². The van der Waals surface area contributed by atoms with Gasteiger partial charge in [-0.2, -0.15) is 5.10 Å². The van der Waals surface area contributed by atoms with Crippen molar-refractivity contribution < 1.29 is 27.5 Å². The predicted molar refractivity (Wildman–Crippen MR) is 132 cm³/mol. The van der Waals surface area contributed by atoms with E-state index >= 15 is 0 Å². The minimum atomic E-state index is -3.98. The van der Waals surface area contributed by atoms with Crippen LogP contribution in [0.1, 0.15) is 11.1 Å². The number of nitrogens with zero attached hydrogens (tertiary/aromatic N) is 2. The number of carbonyl (C=O) groups is 2. The third-order valence-electron chi connectivity index (χ3n) is 4.81. The molecular formula is C25H25N3O6S. The Kier molecular flexibility index (Phi) is 8.58. The summed E-state index contributed by atoms with van der Waals surface area (Å²) in [7, 11) is -2.71. The summed E-state index contributed by atoms with van der Waals surface area (Å²) in [5.41, 5.74) is 4.34. The Morgan fingerprint density at radius 3 is 2.26 bits per heavy atom. The van der Waals surface area contributed by atoms with E-state index in [4.69, 9.17) is 4.74 Å². The first-order valence-corrected chi connectivity index (χ1v) is 12.0. The topological polar surface area (TPSA) is 114 Å². The highest BCUT2D eigenvalue weighted by molar-refractivity contribution is 7.92. The standard InChI is InChI=1S/C25H25N3O6S/c1-19-8-12-21(13-9-19)28(35(31,32)23-6-4-3-5-7-23)17-24(29)27-26-16-20-10-14-22(15-11-20)34-18-25(30)33-2/h3-16H,17-18H2,1-2H3,(H,27,29)/b26-16-. The van der Waals surface area contributed by atoms with Gasteiger partial charge in [0.05, 0.1) is 23.9 Å². The van der Waals surface area contributed by atoms with Gasteiger partial charge in [-0.25, -0.2) is 18.6 Å². The van der Waals surface area contributed by atoms with Gasteiger partial charge < -0.3 is 9.47 Å². The molecule has 0 aliphatic rings. The van der Waals surface area contributed by atoms with E-state index < -0.39 is 28.4 Å². The van der Waals surface area contributed by atoms with E-state index in [1.165, 1.54) is 25.5 Å². The van der Waals surface area contributed by atoms with Crippen molar-refractivity contribution >= 4 is 33.8 Å². The summed E-state index contributed by atoms with van der Waals surface area (Å²) in [4.78, 5) is 23.8. The number of benzene rings is 3. The minimum absolute atomic E-state index is 0.0754. The zero-order valence-corrected chi connectivity index (χ0v) is 20.1. The molecule has 10 heteroatoms. The number of methoxy groups -OCH3 is 1. The molecule has 0 saturated carbocycles. The normalized spacial score (nSPS) is 11.1. The zero-order chi connectivity index (χ0) is 25.3. The quantitative estimate of drug-likeness (QED) is 0.263. The molecule has 0 fully saturated rings. The second-order valence-electron chi connectivity index (χ2n) is 7.39. The summed E-state index contributed by atoms with van der Waals surface area (Å²) in [5, 5.41) is 3.91. The number of ether oxygens (including phenoxy) is 2. The first-order chi connectivity index (χ1) is 16.8. The lowest BCUT2D eigenvalue weighted by molar-refractivity contribution is -0.142. The Balaban J connectivity index is 1.68. The molecule has 0 radical (unpaired) electrons. The van der Waals surface area contributed by atoms with E-state index in [0.29, 0.717) is 17.0 Å². The molecule has 1 amide bonds. The zero-order valence-electron chi connectivity index (χ0n) is 19.2. The molecule has 0 unspecified atom stereocenters. The van der Waals surface area contributed by atoms with Gasteiger partial charge in [-0.05, 0) is 61.0 Å². The number of rotatable bonds is 10. The smallest absolute Gasteiger partial charge is 0.343 e. The summed E-state index contributed by atoms with van der Waals surface area (Å²) in [6.07, 6.45) is 1.41. The Morgan fingerprint density at radius 1 is 0.971 bits per heavy atom. The molecule has 0 aromatic heterocycles. The number of sulfonamides is 1. The molecule has 0 atom stereocenters. The van der Waals surface area contributed by atoms with Crippen molar-refractivity contribution in [3.8, 4) is 5.75 Å². The van der Waals surface area contributed by atoms with Crippen LogP contribution < -0.4 is 14.5 Å². The molecule has 0 bridgehead atoms. The number of nitrogens with one attached hydrogen (secondary N) is 1. The van der Waals surface area contributed by atoms with Gasteiger partial charge in [0.25, 0.3) is 15.9 Å². The highest BCUT2D eigenvalue weighted by atomic mass is 32.2. The lowest BCUT2D eigenvalue weighted by Crippen LogP contribution is -2.39. The molecule has 0 heterocycles. The van der Waals surface area contributed by atoms with E-state index in [0.717, 1.165) is 9.87 Å². The van der Waals surface area contributed by atoms with E-state index in [1.807, 2.05) is 6.92 Å². The predicted octanol–water partition coefficient (Wildman–Crippen LogP) is 2.89. The van der Waals surface area contributed by atoms with Crippen molar-refractivity contribution in [3.05, 3.63) is 90.0 Å². The lowest BCUT2D eigenvalue weighted by atomic mass is 10.2. The van der Waals surface area contributed by atoms with Crippen LogP contribution in [0.25, 0.3) is 0 Å². The number of carbonyl (C=O) groups excluding carboxylic acids is 2. The molecule has 35 heavy (non-hydrogen) atoms. The summed E-state index contributed by atoms with van der Waals surface area (Å²) < 4.78 is 37.3. The van der Waals surface area contributed by atoms with Crippen molar-refractivity contribution in [2.24, 2.45) is 5.10 Å². The van der Waals surface area contributed by atoms with Crippen LogP contribution in [0.5, 0.6) is 5.75 Å². The number of anilines is 1. The second-order valence-corrected chi connectivity index (χ2v) is 9.25. The largest absolute Gasteiger partial charge is 0.482 e. The fraction of sp³-hybridized carbons (Fsp3) is 0.160. The number of hydrogen-bond acceptors (Lipinski definition) is 7. The van der Waals surface area contributed by atoms with E-state index in [2.05, 4.69) is 15.3 Å². The maximum atomic E-state index is 13.3. The van der Waals surface area contributed by atoms with Gasteiger partial charge >= 0.3 is 5.97 Å². The molecule has 1 N–H and O–H groups in total. The first kappa shape index (κ1) is 25.4. The van der Waals surface area contributed by atoms with Gasteiger partial charge in [0.2, 0.25) is 0 Å². The van der Waals surface area contributed by atoms with Crippen molar-refractivity contribution in [1.82, 2.24) is 5.43 Å². The number of aryl methyl sites for hydroxylation is 1. The Morgan fingerprint density at radius 2 is 1.63 bits per heavy atom. The number of amides is 1. The second kappa shape index (κ2) is 11.8. The third kappa shape index (κ3) is 7.15. The van der Waals surface area contributed by atoms with Gasteiger partial charge in [-0.15, -0.1) is 0 Å². The van der Waals surface area contributed by atoms with Gasteiger partial charge in [0, 0.05) is 0 Å². The molecule has 182 valence electrons. The SMILES string of the molecule is COC(=O)COc1ccc(/C=N\NC(=O)CN(c2ccc(C)cc2)S(=O)(=O)c2ccccc2)cc1. The molecule has 3 rings (SSSR count). The Hall–Kier alpha value is -4.18. The summed E-state index contributed by atoms with van der Waals surface area (Å²) in [5.74, 6) is -0.636. The van der Waals surface area contributed by atoms with Crippen molar-refractivity contribution in [3.63, 3.8) is 0 Å². The third-order valence-corrected chi connectivity index (χ3v) is 6.60. The van der Waals surface area contributed by atoms with Crippen LogP contribution in [0, 0.1) is 6.92 Å². The monoisotopic (exact) mass is 495 g/mol. The number of esters is 1. The van der Waals surface area contributed by atoms with E-state index in [9.17, 15) is 18.0 Å². The van der Waals surface area contributed by atoms with Crippen LogP contribution in [0.15, 0.2) is 88.9 Å². The Bertz CT molecular complexity index is 1280. The fourth-order valence-corrected chi connectivity index (χ4v) is 4.38. The summed E-state index contributed by atoms with van der Waals surface area (Å²) >= 11 is 0.